The summed E-state index contributed by atoms with van der Waals surface area (Å²) in [6.07, 6.45) is 5.49. The highest BCUT2D eigenvalue weighted by atomic mass is 35.5. The van der Waals surface area contributed by atoms with Crippen molar-refractivity contribution in [3.63, 3.8) is 0 Å². The van der Waals surface area contributed by atoms with E-state index in [2.05, 4.69) is 15.3 Å². The van der Waals surface area contributed by atoms with E-state index in [-0.39, 0.29) is 17.9 Å². The highest BCUT2D eigenvalue weighted by Gasteiger charge is 2.26. The third-order valence-corrected chi connectivity index (χ3v) is 4.11. The lowest BCUT2D eigenvalue weighted by atomic mass is 9.98. The Bertz CT molecular complexity index is 678. The van der Waals surface area contributed by atoms with Gasteiger partial charge >= 0.3 is 0 Å². The first-order valence-corrected chi connectivity index (χ1v) is 7.51. The third-order valence-electron chi connectivity index (χ3n) is 3.82. The zero-order chi connectivity index (χ0) is 15.5. The molecule has 5 nitrogen and oxygen atoms in total. The van der Waals surface area contributed by atoms with Gasteiger partial charge in [0.1, 0.15) is 12.1 Å². The molecule has 114 valence electrons. The van der Waals surface area contributed by atoms with Gasteiger partial charge in [-0.3, -0.25) is 4.79 Å². The number of amides is 1. The molecule has 0 fully saturated rings. The monoisotopic (exact) mass is 317 g/mol. The van der Waals surface area contributed by atoms with E-state index in [0.717, 1.165) is 17.5 Å². The summed E-state index contributed by atoms with van der Waals surface area (Å²) in [5.41, 5.74) is 1.71. The minimum atomic E-state index is -0.313. The van der Waals surface area contributed by atoms with Crippen LogP contribution in [0.2, 0.25) is 5.02 Å². The molecular formula is C16H16ClN3O2. The van der Waals surface area contributed by atoms with Gasteiger partial charge in [-0.1, -0.05) is 23.7 Å². The van der Waals surface area contributed by atoms with Gasteiger partial charge in [-0.2, -0.15) is 0 Å². The number of aromatic nitrogens is 2. The quantitative estimate of drug-likeness (QED) is 0.945. The minimum absolute atomic E-state index is 0.0624. The van der Waals surface area contributed by atoms with Gasteiger partial charge in [0.15, 0.2) is 0 Å². The fourth-order valence-electron chi connectivity index (χ4n) is 2.52. The highest BCUT2D eigenvalue weighted by Crippen LogP contribution is 2.37. The zero-order valence-electron chi connectivity index (χ0n) is 12.1. The molecule has 1 aliphatic rings. The molecule has 0 unspecified atom stereocenters. The number of carbonyl (C=O) groups is 1. The number of nitrogens with zero attached hydrogens (tertiary/aromatic N) is 2. The minimum Gasteiger partial charge on any atom is -0.492 e. The summed E-state index contributed by atoms with van der Waals surface area (Å²) >= 11 is 6.15. The Balaban J connectivity index is 1.77. The molecule has 0 bridgehead atoms. The number of hydrogen-bond acceptors (Lipinski definition) is 4. The molecule has 1 amide bonds. The Morgan fingerprint density at radius 3 is 2.95 bits per heavy atom. The fraction of sp³-hybridized carbons (Fsp3) is 0.312. The van der Waals surface area contributed by atoms with E-state index in [1.54, 1.807) is 18.5 Å². The van der Waals surface area contributed by atoms with E-state index in [1.807, 2.05) is 19.1 Å². The van der Waals surface area contributed by atoms with Crippen molar-refractivity contribution in [2.75, 3.05) is 6.61 Å². The maximum Gasteiger partial charge on any atom is 0.227 e. The largest absolute Gasteiger partial charge is 0.492 e. The van der Waals surface area contributed by atoms with Crippen LogP contribution in [0.25, 0.3) is 0 Å². The predicted molar refractivity (Wildman–Crippen MR) is 82.9 cm³/mol. The first-order valence-electron chi connectivity index (χ1n) is 7.13. The Morgan fingerprint density at radius 1 is 1.41 bits per heavy atom. The van der Waals surface area contributed by atoms with Crippen molar-refractivity contribution in [1.82, 2.24) is 15.3 Å². The van der Waals surface area contributed by atoms with Crippen LogP contribution >= 0.6 is 11.6 Å². The van der Waals surface area contributed by atoms with Gasteiger partial charge in [-0.15, -0.1) is 0 Å². The maximum absolute atomic E-state index is 12.5. The van der Waals surface area contributed by atoms with Crippen LogP contribution in [0.1, 0.15) is 36.4 Å². The maximum atomic E-state index is 12.5. The third kappa shape index (κ3) is 2.90. The molecule has 6 heteroatoms. The standard InChI is InChI=1S/C16H16ClN3O2/c1-10(11-7-18-9-19-8-11)16(21)20-14-5-6-22-15-12(14)3-2-4-13(15)17/h2-4,7-10,14H,5-6H2,1H3,(H,20,21)/t10-,14-/m0/s1. The smallest absolute Gasteiger partial charge is 0.227 e. The molecule has 2 atom stereocenters. The lowest BCUT2D eigenvalue weighted by Gasteiger charge is -2.28. The summed E-state index contributed by atoms with van der Waals surface area (Å²) in [5, 5.41) is 3.64. The van der Waals surface area contributed by atoms with Gasteiger partial charge in [0.25, 0.3) is 0 Å². The van der Waals surface area contributed by atoms with Crippen molar-refractivity contribution in [3.05, 3.63) is 53.1 Å². The Labute approximate surface area is 133 Å². The lowest BCUT2D eigenvalue weighted by Crippen LogP contribution is -2.34. The van der Waals surface area contributed by atoms with Gasteiger partial charge in [-0.05, 0) is 13.0 Å². The number of benzene rings is 1. The number of ether oxygens (including phenoxy) is 1. The topological polar surface area (TPSA) is 64.1 Å². The number of fused-ring (bicyclic) bond motifs is 1. The van der Waals surface area contributed by atoms with Crippen LogP contribution in [0, 0.1) is 0 Å². The number of para-hydroxylation sites is 1. The molecule has 1 aliphatic heterocycles. The second-order valence-electron chi connectivity index (χ2n) is 5.25. The first-order chi connectivity index (χ1) is 10.7. The SMILES string of the molecule is C[C@H](C(=O)N[C@H]1CCOc2c(Cl)cccc21)c1cncnc1. The second kappa shape index (κ2) is 6.32. The average molecular weight is 318 g/mol. The lowest BCUT2D eigenvalue weighted by molar-refractivity contribution is -0.123. The second-order valence-corrected chi connectivity index (χ2v) is 5.66. The normalized spacial score (nSPS) is 18.0. The van der Waals surface area contributed by atoms with Crippen LogP contribution in [0.4, 0.5) is 0 Å². The molecule has 2 aromatic rings. The molecule has 0 saturated carbocycles. The fourth-order valence-corrected chi connectivity index (χ4v) is 2.76. The number of halogens is 1. The van der Waals surface area contributed by atoms with Crippen LogP contribution in [0.3, 0.4) is 0 Å². The Hall–Kier alpha value is -2.14. The predicted octanol–water partition coefficient (Wildman–Crippen LogP) is 2.87. The van der Waals surface area contributed by atoms with Crippen LogP contribution in [-0.4, -0.2) is 22.5 Å². The number of nitrogens with one attached hydrogen (secondary N) is 1. The number of carbonyl (C=O) groups excluding carboxylic acids is 1. The Kier molecular flexibility index (Phi) is 4.24. The van der Waals surface area contributed by atoms with Crippen LogP contribution in [0.5, 0.6) is 5.75 Å². The van der Waals surface area contributed by atoms with Crippen LogP contribution in [-0.2, 0) is 4.79 Å². The molecule has 3 rings (SSSR count). The summed E-state index contributed by atoms with van der Waals surface area (Å²) < 4.78 is 5.61. The highest BCUT2D eigenvalue weighted by molar-refractivity contribution is 6.32. The van der Waals surface area contributed by atoms with Gasteiger partial charge < -0.3 is 10.1 Å². The van der Waals surface area contributed by atoms with Gasteiger partial charge in [0, 0.05) is 29.9 Å². The van der Waals surface area contributed by atoms with Crippen LogP contribution in [0.15, 0.2) is 36.9 Å². The summed E-state index contributed by atoms with van der Waals surface area (Å²) in [5.74, 6) is 0.288. The van der Waals surface area contributed by atoms with Crippen molar-refractivity contribution in [2.45, 2.75) is 25.3 Å². The van der Waals surface area contributed by atoms with E-state index in [0.29, 0.717) is 17.4 Å². The first kappa shape index (κ1) is 14.8. The summed E-state index contributed by atoms with van der Waals surface area (Å²) in [6.45, 7) is 2.37. The molecule has 0 saturated heterocycles. The van der Waals surface area contributed by atoms with E-state index >= 15 is 0 Å². The molecule has 0 aliphatic carbocycles. The molecule has 1 aromatic carbocycles. The molecule has 0 spiro atoms. The summed E-state index contributed by atoms with van der Waals surface area (Å²) in [4.78, 5) is 20.4. The molecule has 1 N–H and O–H groups in total. The molecule has 22 heavy (non-hydrogen) atoms. The molecule has 2 heterocycles. The van der Waals surface area contributed by atoms with Crippen molar-refractivity contribution in [1.29, 1.82) is 0 Å². The number of hydrogen-bond donors (Lipinski definition) is 1. The molecular weight excluding hydrogens is 302 g/mol. The molecule has 1 aromatic heterocycles. The van der Waals surface area contributed by atoms with Crippen molar-refractivity contribution in [3.8, 4) is 5.75 Å². The van der Waals surface area contributed by atoms with E-state index in [9.17, 15) is 4.79 Å². The van der Waals surface area contributed by atoms with Crippen molar-refractivity contribution in [2.24, 2.45) is 0 Å². The van der Waals surface area contributed by atoms with Crippen molar-refractivity contribution >= 4 is 17.5 Å². The van der Waals surface area contributed by atoms with Crippen molar-refractivity contribution < 1.29 is 9.53 Å². The zero-order valence-corrected chi connectivity index (χ0v) is 12.9. The number of rotatable bonds is 3. The average Bonchev–Trinajstić information content (AvgIpc) is 2.56. The van der Waals surface area contributed by atoms with E-state index in [1.165, 1.54) is 6.33 Å². The summed E-state index contributed by atoms with van der Waals surface area (Å²) in [7, 11) is 0. The van der Waals surface area contributed by atoms with E-state index in [4.69, 9.17) is 16.3 Å². The molecule has 0 radical (unpaired) electrons. The van der Waals surface area contributed by atoms with E-state index < -0.39 is 0 Å². The summed E-state index contributed by atoms with van der Waals surface area (Å²) in [6, 6.07) is 5.49. The van der Waals surface area contributed by atoms with Crippen LogP contribution < -0.4 is 10.1 Å². The van der Waals surface area contributed by atoms with Gasteiger partial charge in [0.05, 0.1) is 23.6 Å². The Morgan fingerprint density at radius 2 is 2.18 bits per heavy atom. The van der Waals surface area contributed by atoms with Gasteiger partial charge in [-0.25, -0.2) is 9.97 Å². The van der Waals surface area contributed by atoms with Gasteiger partial charge in [0.2, 0.25) is 5.91 Å².